The molecule has 2 rings (SSSR count). The zero-order valence-corrected chi connectivity index (χ0v) is 10.7. The predicted octanol–water partition coefficient (Wildman–Crippen LogP) is 4.64. The average molecular weight is 302 g/mol. The van der Waals surface area contributed by atoms with Crippen molar-refractivity contribution in [3.05, 3.63) is 44.7 Å². The van der Waals surface area contributed by atoms with Crippen molar-refractivity contribution in [1.29, 1.82) is 0 Å². The minimum absolute atomic E-state index is 0.689. The second kappa shape index (κ2) is 4.47. The summed E-state index contributed by atoms with van der Waals surface area (Å²) in [7, 11) is 0. The second-order valence-corrected chi connectivity index (χ2v) is 5.35. The largest absolute Gasteiger partial charge is 0.297 e. The Hall–Kier alpha value is -0.640. The fourth-order valence-corrected chi connectivity index (χ4v) is 2.86. The molecule has 76 valence electrons. The molecule has 0 saturated carbocycles. The number of benzene rings is 1. The number of carbonyl (C=O) groups excluding carboxylic acids is 1. The van der Waals surface area contributed by atoms with Gasteiger partial charge >= 0.3 is 0 Å². The number of hydrogen-bond acceptors (Lipinski definition) is 2. The van der Waals surface area contributed by atoms with Crippen molar-refractivity contribution in [2.75, 3.05) is 0 Å². The molecule has 1 nitrogen and oxygen atoms in total. The molecular formula is C11H6BrClOS. The molecule has 2 aromatic rings. The van der Waals surface area contributed by atoms with E-state index in [1.165, 1.54) is 11.3 Å². The summed E-state index contributed by atoms with van der Waals surface area (Å²) < 4.78 is 0.978. The Morgan fingerprint density at radius 3 is 2.73 bits per heavy atom. The lowest BCUT2D eigenvalue weighted by Gasteiger charge is -2.01. The Kier molecular flexibility index (Phi) is 3.24. The molecule has 0 aliphatic rings. The van der Waals surface area contributed by atoms with Crippen LogP contribution in [-0.2, 0) is 0 Å². The lowest BCUT2D eigenvalue weighted by molar-refractivity contribution is 0.112. The number of halogens is 2. The van der Waals surface area contributed by atoms with E-state index < -0.39 is 0 Å². The van der Waals surface area contributed by atoms with Crippen molar-refractivity contribution in [2.24, 2.45) is 0 Å². The van der Waals surface area contributed by atoms with Crippen LogP contribution in [0.1, 0.15) is 9.67 Å². The van der Waals surface area contributed by atoms with Crippen LogP contribution in [0.4, 0.5) is 0 Å². The molecule has 0 atom stereocenters. The number of carbonyl (C=O) groups is 1. The maximum Gasteiger partial charge on any atom is 0.160 e. The van der Waals surface area contributed by atoms with Crippen LogP contribution < -0.4 is 0 Å². The van der Waals surface area contributed by atoms with E-state index in [-0.39, 0.29) is 0 Å². The van der Waals surface area contributed by atoms with Gasteiger partial charge < -0.3 is 0 Å². The van der Waals surface area contributed by atoms with Gasteiger partial charge in [-0.25, -0.2) is 0 Å². The summed E-state index contributed by atoms with van der Waals surface area (Å²) in [5, 5.41) is 0.689. The molecule has 0 bridgehead atoms. The van der Waals surface area contributed by atoms with Gasteiger partial charge in [-0.2, -0.15) is 0 Å². The van der Waals surface area contributed by atoms with Crippen LogP contribution in [0.25, 0.3) is 10.4 Å². The third-order valence-electron chi connectivity index (χ3n) is 1.94. The number of aldehydes is 1. The van der Waals surface area contributed by atoms with Crippen LogP contribution in [0.2, 0.25) is 5.02 Å². The molecule has 0 aliphatic heterocycles. The SMILES string of the molecule is O=Cc1ccc(-c2cc(Cl)ccc2Br)s1. The van der Waals surface area contributed by atoms with Crippen molar-refractivity contribution >= 4 is 45.2 Å². The summed E-state index contributed by atoms with van der Waals surface area (Å²) in [5.74, 6) is 0. The van der Waals surface area contributed by atoms with Crippen LogP contribution in [0.3, 0.4) is 0 Å². The second-order valence-electron chi connectivity index (χ2n) is 2.94. The molecule has 0 N–H and O–H groups in total. The van der Waals surface area contributed by atoms with Gasteiger partial charge in [-0.05, 0) is 30.3 Å². The van der Waals surface area contributed by atoms with E-state index in [9.17, 15) is 4.79 Å². The van der Waals surface area contributed by atoms with Gasteiger partial charge in [-0.3, -0.25) is 4.79 Å². The standard InChI is InChI=1S/C11H6BrClOS/c12-10-3-1-7(13)5-9(10)11-4-2-8(6-14)15-11/h1-6H. The molecule has 0 aliphatic carbocycles. The Bertz CT molecular complexity index is 507. The Labute approximate surface area is 105 Å². The van der Waals surface area contributed by atoms with Gasteiger partial charge in [0.25, 0.3) is 0 Å². The van der Waals surface area contributed by atoms with E-state index in [1.54, 1.807) is 6.07 Å². The summed E-state index contributed by atoms with van der Waals surface area (Å²) in [5.41, 5.74) is 1.01. The monoisotopic (exact) mass is 300 g/mol. The third kappa shape index (κ3) is 2.30. The summed E-state index contributed by atoms with van der Waals surface area (Å²) >= 11 is 10.8. The first kappa shape index (κ1) is 10.9. The molecule has 0 radical (unpaired) electrons. The zero-order valence-electron chi connectivity index (χ0n) is 7.54. The van der Waals surface area contributed by atoms with Crippen LogP contribution in [0.5, 0.6) is 0 Å². The summed E-state index contributed by atoms with van der Waals surface area (Å²) in [6.07, 6.45) is 0.854. The summed E-state index contributed by atoms with van der Waals surface area (Å²) in [4.78, 5) is 12.3. The van der Waals surface area contributed by atoms with Crippen LogP contribution in [-0.4, -0.2) is 6.29 Å². The van der Waals surface area contributed by atoms with Gasteiger partial charge in [-0.15, -0.1) is 11.3 Å². The molecule has 1 heterocycles. The third-order valence-corrected chi connectivity index (χ3v) is 3.91. The molecule has 1 aromatic carbocycles. The Balaban J connectivity index is 2.52. The van der Waals surface area contributed by atoms with E-state index in [0.717, 1.165) is 26.1 Å². The van der Waals surface area contributed by atoms with Gasteiger partial charge in [0.2, 0.25) is 0 Å². The normalized spacial score (nSPS) is 10.3. The average Bonchev–Trinajstić information content (AvgIpc) is 2.70. The highest BCUT2D eigenvalue weighted by molar-refractivity contribution is 9.10. The molecule has 0 spiro atoms. The first-order valence-electron chi connectivity index (χ1n) is 4.21. The van der Waals surface area contributed by atoms with E-state index in [1.807, 2.05) is 24.3 Å². The quantitative estimate of drug-likeness (QED) is 0.738. The van der Waals surface area contributed by atoms with E-state index >= 15 is 0 Å². The minimum atomic E-state index is 0.689. The highest BCUT2D eigenvalue weighted by atomic mass is 79.9. The Morgan fingerprint density at radius 2 is 2.07 bits per heavy atom. The maximum absolute atomic E-state index is 10.6. The lowest BCUT2D eigenvalue weighted by Crippen LogP contribution is -1.75. The molecular weight excluding hydrogens is 296 g/mol. The van der Waals surface area contributed by atoms with Crippen LogP contribution in [0, 0.1) is 0 Å². The van der Waals surface area contributed by atoms with Crippen LogP contribution in [0.15, 0.2) is 34.8 Å². The highest BCUT2D eigenvalue weighted by Gasteiger charge is 2.06. The molecule has 1 aromatic heterocycles. The fraction of sp³-hybridized carbons (Fsp3) is 0. The van der Waals surface area contributed by atoms with Crippen molar-refractivity contribution in [3.8, 4) is 10.4 Å². The first-order chi connectivity index (χ1) is 7.20. The van der Waals surface area contributed by atoms with Crippen LogP contribution >= 0.6 is 38.9 Å². The molecule has 0 saturated heterocycles. The molecule has 15 heavy (non-hydrogen) atoms. The smallest absolute Gasteiger partial charge is 0.160 e. The summed E-state index contributed by atoms with van der Waals surface area (Å²) in [6, 6.07) is 9.33. The summed E-state index contributed by atoms with van der Waals surface area (Å²) in [6.45, 7) is 0. The van der Waals surface area contributed by atoms with Crippen molar-refractivity contribution in [3.63, 3.8) is 0 Å². The number of rotatable bonds is 2. The number of hydrogen-bond donors (Lipinski definition) is 0. The van der Waals surface area contributed by atoms with Gasteiger partial charge in [0.05, 0.1) is 4.88 Å². The predicted molar refractivity (Wildman–Crippen MR) is 67.9 cm³/mol. The van der Waals surface area contributed by atoms with E-state index in [4.69, 9.17) is 11.6 Å². The van der Waals surface area contributed by atoms with E-state index in [2.05, 4.69) is 15.9 Å². The minimum Gasteiger partial charge on any atom is -0.297 e. The van der Waals surface area contributed by atoms with Crippen molar-refractivity contribution in [1.82, 2.24) is 0 Å². The van der Waals surface area contributed by atoms with Gasteiger partial charge in [0, 0.05) is 19.9 Å². The highest BCUT2D eigenvalue weighted by Crippen LogP contribution is 2.34. The van der Waals surface area contributed by atoms with Crippen molar-refractivity contribution < 1.29 is 4.79 Å². The Morgan fingerprint density at radius 1 is 1.27 bits per heavy atom. The van der Waals surface area contributed by atoms with Gasteiger partial charge in [0.1, 0.15) is 0 Å². The topological polar surface area (TPSA) is 17.1 Å². The molecule has 0 amide bonds. The molecule has 0 fully saturated rings. The maximum atomic E-state index is 10.6. The first-order valence-corrected chi connectivity index (χ1v) is 6.20. The molecule has 0 unspecified atom stereocenters. The van der Waals surface area contributed by atoms with Gasteiger partial charge in [0.15, 0.2) is 6.29 Å². The molecule has 4 heteroatoms. The fourth-order valence-electron chi connectivity index (χ4n) is 1.25. The lowest BCUT2D eigenvalue weighted by atomic mass is 10.2. The van der Waals surface area contributed by atoms with Gasteiger partial charge in [-0.1, -0.05) is 27.5 Å². The zero-order chi connectivity index (χ0) is 10.8. The van der Waals surface area contributed by atoms with Crippen molar-refractivity contribution in [2.45, 2.75) is 0 Å². The number of thiophene rings is 1. The van der Waals surface area contributed by atoms with E-state index in [0.29, 0.717) is 5.02 Å².